The molecule has 4 rings (SSSR count). The van der Waals surface area contributed by atoms with Crippen molar-refractivity contribution in [2.24, 2.45) is 9.98 Å². The largest absolute Gasteiger partial charge is 0.468 e. The van der Waals surface area contributed by atoms with Gasteiger partial charge in [0.15, 0.2) is 29.9 Å². The molecule has 1 aromatic carbocycles. The van der Waals surface area contributed by atoms with Crippen LogP contribution in [-0.4, -0.2) is 88.7 Å². The second-order valence-corrected chi connectivity index (χ2v) is 8.77. The number of β-amino-alcohol motifs (C(OH)–C–C–N with tert-alkyl or cyclic N) is 1. The van der Waals surface area contributed by atoms with Crippen LogP contribution in [0, 0.1) is 18.6 Å². The number of benzene rings is 1. The monoisotopic (exact) mass is 526 g/mol. The van der Waals surface area contributed by atoms with E-state index in [1.54, 1.807) is 13.0 Å². The van der Waals surface area contributed by atoms with E-state index in [1.807, 2.05) is 30.0 Å². The summed E-state index contributed by atoms with van der Waals surface area (Å²) < 4.78 is 35.0. The topological polar surface area (TPSA) is 117 Å². The Balaban J connectivity index is 1.56. The third-order valence-corrected chi connectivity index (χ3v) is 6.10. The van der Waals surface area contributed by atoms with E-state index in [-0.39, 0.29) is 30.0 Å². The molecule has 0 amide bonds. The maximum Gasteiger partial charge on any atom is 0.181 e. The number of ether oxygens (including phenoxy) is 1. The summed E-state index contributed by atoms with van der Waals surface area (Å²) >= 11 is 0. The van der Waals surface area contributed by atoms with Crippen LogP contribution < -0.4 is 10.1 Å². The highest BCUT2D eigenvalue weighted by atomic mass is 19.1. The molecule has 0 spiro atoms. The van der Waals surface area contributed by atoms with Crippen LogP contribution in [0.3, 0.4) is 0 Å². The quantitative estimate of drug-likeness (QED) is 0.237. The molecule has 0 atom stereocenters. The maximum absolute atomic E-state index is 15.0. The summed E-state index contributed by atoms with van der Waals surface area (Å²) in [6.45, 7) is 10.5. The van der Waals surface area contributed by atoms with Gasteiger partial charge in [-0.15, -0.1) is 0 Å². The summed E-state index contributed by atoms with van der Waals surface area (Å²) in [6.07, 6.45) is 5.48. The molecule has 0 unspecified atom stereocenters. The molecule has 2 aromatic heterocycles. The Kier molecular flexibility index (Phi) is 8.87. The molecule has 1 saturated heterocycles. The van der Waals surface area contributed by atoms with E-state index < -0.39 is 11.6 Å². The van der Waals surface area contributed by atoms with Gasteiger partial charge in [0.1, 0.15) is 11.7 Å². The molecule has 12 heteroatoms. The number of anilines is 1. The average molecular weight is 527 g/mol. The Bertz CT molecular complexity index is 1350. The summed E-state index contributed by atoms with van der Waals surface area (Å²) in [7, 11) is 0. The molecular weight excluding hydrogens is 494 g/mol. The first-order chi connectivity index (χ1) is 18.4. The molecule has 0 radical (unpaired) electrons. The van der Waals surface area contributed by atoms with Gasteiger partial charge >= 0.3 is 0 Å². The SMILES string of the molecule is C=N/C(=C\C(=N/COc1cc(F)c2[nH]c(C)cc2c1F)N1CCN(CCO)CC1)Nc1cc(/C=C\C)[nH]n1. The number of hydrogen-bond acceptors (Lipinski definition) is 7. The lowest BCUT2D eigenvalue weighted by Gasteiger charge is -2.35. The van der Waals surface area contributed by atoms with Crippen molar-refractivity contribution < 1.29 is 18.6 Å². The Morgan fingerprint density at radius 2 is 2.05 bits per heavy atom. The number of rotatable bonds is 10. The van der Waals surface area contributed by atoms with Gasteiger partial charge in [0.2, 0.25) is 0 Å². The van der Waals surface area contributed by atoms with Crippen molar-refractivity contribution in [2.45, 2.75) is 13.8 Å². The normalized spacial score (nSPS) is 15.6. The Morgan fingerprint density at radius 3 is 2.76 bits per heavy atom. The zero-order chi connectivity index (χ0) is 27.1. The number of aliphatic hydroxyl groups excluding tert-OH is 1. The van der Waals surface area contributed by atoms with E-state index in [0.29, 0.717) is 42.8 Å². The highest BCUT2D eigenvalue weighted by molar-refractivity contribution is 5.94. The number of nitrogens with one attached hydrogen (secondary N) is 3. The molecule has 3 aromatic rings. The van der Waals surface area contributed by atoms with Crippen molar-refractivity contribution >= 4 is 35.3 Å². The number of fused-ring (bicyclic) bond motifs is 1. The van der Waals surface area contributed by atoms with Crippen molar-refractivity contribution in [2.75, 3.05) is 51.4 Å². The van der Waals surface area contributed by atoms with Gasteiger partial charge in [-0.2, -0.15) is 5.10 Å². The third kappa shape index (κ3) is 6.45. The molecule has 0 saturated carbocycles. The summed E-state index contributed by atoms with van der Waals surface area (Å²) in [5.41, 5.74) is 1.57. The van der Waals surface area contributed by atoms with Crippen molar-refractivity contribution in [1.29, 1.82) is 0 Å². The van der Waals surface area contributed by atoms with Crippen LogP contribution in [0.1, 0.15) is 18.3 Å². The third-order valence-electron chi connectivity index (χ3n) is 6.10. The van der Waals surface area contributed by atoms with Gasteiger partial charge < -0.3 is 25.0 Å². The van der Waals surface area contributed by atoms with Crippen LogP contribution in [0.5, 0.6) is 5.75 Å². The molecule has 10 nitrogen and oxygen atoms in total. The minimum absolute atomic E-state index is 0.0924. The molecule has 1 aliphatic rings. The number of aryl methyl sites for hydroxylation is 1. The lowest BCUT2D eigenvalue weighted by molar-refractivity contribution is 0.147. The first kappa shape index (κ1) is 27.0. The highest BCUT2D eigenvalue weighted by Crippen LogP contribution is 2.29. The van der Waals surface area contributed by atoms with Crippen LogP contribution >= 0.6 is 0 Å². The van der Waals surface area contributed by atoms with E-state index in [1.165, 1.54) is 6.07 Å². The number of aromatic nitrogens is 3. The number of piperazine rings is 1. The number of hydrogen-bond donors (Lipinski definition) is 4. The average Bonchev–Trinajstić information content (AvgIpc) is 3.53. The van der Waals surface area contributed by atoms with Gasteiger partial charge in [0, 0.05) is 62.0 Å². The van der Waals surface area contributed by atoms with Gasteiger partial charge in [-0.05, 0) is 32.7 Å². The van der Waals surface area contributed by atoms with Crippen LogP contribution in [-0.2, 0) is 0 Å². The van der Waals surface area contributed by atoms with E-state index in [9.17, 15) is 13.9 Å². The van der Waals surface area contributed by atoms with Gasteiger partial charge in [-0.1, -0.05) is 6.08 Å². The minimum atomic E-state index is -0.652. The van der Waals surface area contributed by atoms with Crippen LogP contribution in [0.15, 0.2) is 46.2 Å². The van der Waals surface area contributed by atoms with E-state index in [4.69, 9.17) is 4.74 Å². The predicted molar refractivity (Wildman–Crippen MR) is 146 cm³/mol. The summed E-state index contributed by atoms with van der Waals surface area (Å²) in [5.74, 6) is 0.0111. The first-order valence-corrected chi connectivity index (χ1v) is 12.3. The zero-order valence-electron chi connectivity index (χ0n) is 21.5. The fourth-order valence-electron chi connectivity index (χ4n) is 4.23. The predicted octanol–water partition coefficient (Wildman–Crippen LogP) is 3.51. The summed E-state index contributed by atoms with van der Waals surface area (Å²) in [6, 6.07) is 4.38. The fourth-order valence-corrected chi connectivity index (χ4v) is 4.23. The summed E-state index contributed by atoms with van der Waals surface area (Å²) in [5, 5.41) is 19.6. The molecule has 202 valence electrons. The van der Waals surface area contributed by atoms with Gasteiger partial charge in [0.05, 0.1) is 17.8 Å². The second kappa shape index (κ2) is 12.5. The van der Waals surface area contributed by atoms with Crippen molar-refractivity contribution in [3.8, 4) is 5.75 Å². The number of halogens is 2. The maximum atomic E-state index is 15.0. The van der Waals surface area contributed by atoms with Crippen molar-refractivity contribution in [3.05, 3.63) is 59.2 Å². The smallest absolute Gasteiger partial charge is 0.181 e. The minimum Gasteiger partial charge on any atom is -0.468 e. The first-order valence-electron chi connectivity index (χ1n) is 12.3. The molecule has 1 aliphatic heterocycles. The Hall–Kier alpha value is -4.03. The van der Waals surface area contributed by atoms with E-state index in [2.05, 4.69) is 42.1 Å². The number of aliphatic imine (C=N–C) groups is 2. The molecule has 0 bridgehead atoms. The number of H-pyrrole nitrogens is 2. The standard InChI is InChI=1S/C26H32F2N8O2/c1-4-5-18-13-23(34-33-18)32-22(29-3)15-24(36-8-6-35(7-9-36)10-11-37)30-16-38-21-14-20(27)26-19(25(21)28)12-17(2)31-26/h4-5,12-15,31,37H,3,6-11,16H2,1-2H3,(H2,32,33,34)/b5-4-,22-15+,30-24+. The van der Waals surface area contributed by atoms with Gasteiger partial charge in [-0.25, -0.2) is 18.8 Å². The van der Waals surface area contributed by atoms with Gasteiger partial charge in [-0.3, -0.25) is 10.00 Å². The number of allylic oxidation sites excluding steroid dienone is 1. The number of aromatic amines is 2. The molecule has 0 aliphatic carbocycles. The van der Waals surface area contributed by atoms with Crippen LogP contribution in [0.2, 0.25) is 0 Å². The molecule has 38 heavy (non-hydrogen) atoms. The van der Waals surface area contributed by atoms with Crippen molar-refractivity contribution in [1.82, 2.24) is 25.0 Å². The highest BCUT2D eigenvalue weighted by Gasteiger charge is 2.20. The molecule has 3 heterocycles. The lowest BCUT2D eigenvalue weighted by atomic mass is 10.2. The van der Waals surface area contributed by atoms with E-state index in [0.717, 1.165) is 24.8 Å². The number of amidine groups is 1. The Morgan fingerprint density at radius 1 is 1.26 bits per heavy atom. The van der Waals surface area contributed by atoms with Gasteiger partial charge in [0.25, 0.3) is 0 Å². The second-order valence-electron chi connectivity index (χ2n) is 8.77. The number of nitrogens with zero attached hydrogens (tertiary/aromatic N) is 5. The molecule has 4 N–H and O–H groups in total. The fraction of sp³-hybridized carbons (Fsp3) is 0.346. The Labute approximate surface area is 219 Å². The molecule has 1 fully saturated rings. The molecular formula is C26H32F2N8O2. The number of aliphatic hydroxyl groups is 1. The lowest BCUT2D eigenvalue weighted by Crippen LogP contribution is -2.49. The van der Waals surface area contributed by atoms with Crippen LogP contribution in [0.25, 0.3) is 17.0 Å². The summed E-state index contributed by atoms with van der Waals surface area (Å²) in [4.78, 5) is 15.6. The van der Waals surface area contributed by atoms with Crippen LogP contribution in [0.4, 0.5) is 14.6 Å². The zero-order valence-corrected chi connectivity index (χ0v) is 21.5. The van der Waals surface area contributed by atoms with Crippen molar-refractivity contribution in [3.63, 3.8) is 0 Å². The van der Waals surface area contributed by atoms with E-state index >= 15 is 0 Å².